The van der Waals surface area contributed by atoms with Crippen LogP contribution in [0.15, 0.2) is 33.6 Å². The standard InChI is InChI=1S/C14H19NO2.C2H6/c1-3-5-11(6-4-2)14-15-9-13(17-14)12-7-8-16-10-12;1-2/h7-11H,3-6H2,1-2H3;1-2H3. The van der Waals surface area contributed by atoms with E-state index in [1.807, 2.05) is 19.9 Å². The molecule has 0 aromatic carbocycles. The van der Waals surface area contributed by atoms with Crippen molar-refractivity contribution in [3.05, 3.63) is 30.7 Å². The van der Waals surface area contributed by atoms with Gasteiger partial charge in [0.2, 0.25) is 0 Å². The minimum atomic E-state index is 0.450. The molecule has 0 aliphatic heterocycles. The molecule has 0 fully saturated rings. The normalized spacial score (nSPS) is 10.4. The van der Waals surface area contributed by atoms with Gasteiger partial charge in [-0.05, 0) is 18.9 Å². The molecule has 2 heterocycles. The maximum atomic E-state index is 5.82. The molecule has 0 radical (unpaired) electrons. The molecule has 0 saturated carbocycles. The van der Waals surface area contributed by atoms with Gasteiger partial charge in [0, 0.05) is 5.92 Å². The summed E-state index contributed by atoms with van der Waals surface area (Å²) < 4.78 is 10.9. The van der Waals surface area contributed by atoms with Crippen LogP contribution in [0.3, 0.4) is 0 Å². The zero-order valence-corrected chi connectivity index (χ0v) is 12.5. The Morgan fingerprint density at radius 3 is 2.37 bits per heavy atom. The van der Waals surface area contributed by atoms with E-state index in [0.717, 1.165) is 42.9 Å². The molecule has 0 aliphatic rings. The minimum Gasteiger partial charge on any atom is -0.472 e. The average molecular weight is 263 g/mol. The molecule has 2 rings (SSSR count). The molecule has 19 heavy (non-hydrogen) atoms. The summed E-state index contributed by atoms with van der Waals surface area (Å²) in [6.07, 6.45) is 9.71. The van der Waals surface area contributed by atoms with Crippen molar-refractivity contribution in [2.24, 2.45) is 0 Å². The molecule has 0 aliphatic carbocycles. The Morgan fingerprint density at radius 2 is 1.84 bits per heavy atom. The summed E-state index contributed by atoms with van der Waals surface area (Å²) in [7, 11) is 0. The van der Waals surface area contributed by atoms with Crippen LogP contribution >= 0.6 is 0 Å². The van der Waals surface area contributed by atoms with Gasteiger partial charge in [0.25, 0.3) is 0 Å². The summed E-state index contributed by atoms with van der Waals surface area (Å²) >= 11 is 0. The molecule has 0 atom stereocenters. The zero-order valence-electron chi connectivity index (χ0n) is 12.5. The predicted octanol–water partition coefficient (Wildman–Crippen LogP) is 5.64. The van der Waals surface area contributed by atoms with Crippen LogP contribution in [0.4, 0.5) is 0 Å². The van der Waals surface area contributed by atoms with Crippen molar-refractivity contribution < 1.29 is 8.83 Å². The summed E-state index contributed by atoms with van der Waals surface area (Å²) in [5.41, 5.74) is 0.954. The van der Waals surface area contributed by atoms with Gasteiger partial charge in [-0.3, -0.25) is 0 Å². The maximum Gasteiger partial charge on any atom is 0.198 e. The van der Waals surface area contributed by atoms with E-state index in [9.17, 15) is 0 Å². The molecule has 0 saturated heterocycles. The molecule has 0 spiro atoms. The fraction of sp³-hybridized carbons (Fsp3) is 0.562. The van der Waals surface area contributed by atoms with Crippen molar-refractivity contribution in [3.8, 4) is 11.3 Å². The van der Waals surface area contributed by atoms with Gasteiger partial charge in [0.15, 0.2) is 11.7 Å². The summed E-state index contributed by atoms with van der Waals surface area (Å²) in [6.45, 7) is 8.39. The molecule has 3 nitrogen and oxygen atoms in total. The molecule has 3 heteroatoms. The van der Waals surface area contributed by atoms with Crippen LogP contribution in [0.2, 0.25) is 0 Å². The Bertz CT molecular complexity index is 425. The van der Waals surface area contributed by atoms with Crippen molar-refractivity contribution in [1.82, 2.24) is 4.98 Å². The Kier molecular flexibility index (Phi) is 7.01. The lowest BCUT2D eigenvalue weighted by Gasteiger charge is -2.10. The van der Waals surface area contributed by atoms with E-state index in [2.05, 4.69) is 18.8 Å². The predicted molar refractivity (Wildman–Crippen MR) is 78.1 cm³/mol. The molecule has 0 amide bonds. The van der Waals surface area contributed by atoms with Crippen LogP contribution in [-0.2, 0) is 0 Å². The highest BCUT2D eigenvalue weighted by Gasteiger charge is 2.16. The monoisotopic (exact) mass is 263 g/mol. The third-order valence-electron chi connectivity index (χ3n) is 2.95. The van der Waals surface area contributed by atoms with Crippen LogP contribution in [0, 0.1) is 0 Å². The van der Waals surface area contributed by atoms with Crippen LogP contribution in [-0.4, -0.2) is 4.98 Å². The molecule has 0 N–H and O–H groups in total. The van der Waals surface area contributed by atoms with Crippen molar-refractivity contribution >= 4 is 0 Å². The van der Waals surface area contributed by atoms with Gasteiger partial charge < -0.3 is 8.83 Å². The van der Waals surface area contributed by atoms with Gasteiger partial charge >= 0.3 is 0 Å². The van der Waals surface area contributed by atoms with E-state index in [4.69, 9.17) is 8.83 Å². The first-order valence-electron chi connectivity index (χ1n) is 7.33. The Balaban J connectivity index is 0.000000861. The highest BCUT2D eigenvalue weighted by atomic mass is 16.4. The number of hydrogen-bond donors (Lipinski definition) is 0. The van der Waals surface area contributed by atoms with E-state index in [1.165, 1.54) is 0 Å². The van der Waals surface area contributed by atoms with E-state index < -0.39 is 0 Å². The topological polar surface area (TPSA) is 39.2 Å². The van der Waals surface area contributed by atoms with Gasteiger partial charge in [-0.2, -0.15) is 0 Å². The van der Waals surface area contributed by atoms with Crippen molar-refractivity contribution in [2.75, 3.05) is 0 Å². The zero-order chi connectivity index (χ0) is 14.1. The van der Waals surface area contributed by atoms with E-state index in [1.54, 1.807) is 18.7 Å². The molecule has 2 aromatic rings. The van der Waals surface area contributed by atoms with Gasteiger partial charge in [0.1, 0.15) is 6.26 Å². The second-order valence-electron chi connectivity index (χ2n) is 4.35. The average Bonchev–Trinajstić information content (AvgIpc) is 3.12. The van der Waals surface area contributed by atoms with Crippen molar-refractivity contribution in [1.29, 1.82) is 0 Å². The molecule has 106 valence electrons. The fourth-order valence-corrected chi connectivity index (χ4v) is 2.10. The van der Waals surface area contributed by atoms with E-state index in [0.29, 0.717) is 5.92 Å². The summed E-state index contributed by atoms with van der Waals surface area (Å²) in [6, 6.07) is 1.89. The lowest BCUT2D eigenvalue weighted by molar-refractivity contribution is 0.416. The fourth-order valence-electron chi connectivity index (χ4n) is 2.10. The van der Waals surface area contributed by atoms with Crippen LogP contribution in [0.1, 0.15) is 65.2 Å². The van der Waals surface area contributed by atoms with Crippen LogP contribution in [0.25, 0.3) is 11.3 Å². The summed E-state index contributed by atoms with van der Waals surface area (Å²) in [5.74, 6) is 2.11. The van der Waals surface area contributed by atoms with Gasteiger partial charge in [-0.1, -0.05) is 40.5 Å². The quantitative estimate of drug-likeness (QED) is 0.676. The second-order valence-corrected chi connectivity index (χ2v) is 4.35. The third kappa shape index (κ3) is 4.27. The Morgan fingerprint density at radius 1 is 1.16 bits per heavy atom. The second kappa shape index (κ2) is 8.57. The molecule has 0 unspecified atom stereocenters. The number of nitrogens with zero attached hydrogens (tertiary/aromatic N) is 1. The number of hydrogen-bond acceptors (Lipinski definition) is 3. The largest absolute Gasteiger partial charge is 0.472 e. The highest BCUT2D eigenvalue weighted by Crippen LogP contribution is 2.29. The van der Waals surface area contributed by atoms with Crippen LogP contribution in [0.5, 0.6) is 0 Å². The molecule has 0 bridgehead atoms. The lowest BCUT2D eigenvalue weighted by Crippen LogP contribution is -1.98. The number of oxazole rings is 1. The van der Waals surface area contributed by atoms with Gasteiger partial charge in [-0.15, -0.1) is 0 Å². The summed E-state index contributed by atoms with van der Waals surface area (Å²) in [4.78, 5) is 4.40. The minimum absolute atomic E-state index is 0.450. The number of aromatic nitrogens is 1. The SMILES string of the molecule is CC.CCCC(CCC)c1ncc(-c2ccoc2)o1. The molecular formula is C16H25NO2. The first-order chi connectivity index (χ1) is 9.35. The van der Waals surface area contributed by atoms with E-state index >= 15 is 0 Å². The number of rotatable bonds is 6. The first-order valence-corrected chi connectivity index (χ1v) is 7.33. The Labute approximate surface area is 116 Å². The first kappa shape index (κ1) is 15.5. The lowest BCUT2D eigenvalue weighted by atomic mass is 9.98. The molecular weight excluding hydrogens is 238 g/mol. The van der Waals surface area contributed by atoms with Gasteiger partial charge in [-0.25, -0.2) is 4.98 Å². The smallest absolute Gasteiger partial charge is 0.198 e. The third-order valence-corrected chi connectivity index (χ3v) is 2.95. The summed E-state index contributed by atoms with van der Waals surface area (Å²) in [5, 5.41) is 0. The van der Waals surface area contributed by atoms with Crippen molar-refractivity contribution in [3.63, 3.8) is 0 Å². The van der Waals surface area contributed by atoms with Crippen LogP contribution < -0.4 is 0 Å². The van der Waals surface area contributed by atoms with Gasteiger partial charge in [0.05, 0.1) is 18.0 Å². The number of furan rings is 1. The highest BCUT2D eigenvalue weighted by molar-refractivity contribution is 5.53. The van der Waals surface area contributed by atoms with Crippen molar-refractivity contribution in [2.45, 2.75) is 59.3 Å². The maximum absolute atomic E-state index is 5.82. The van der Waals surface area contributed by atoms with E-state index in [-0.39, 0.29) is 0 Å². The molecule has 2 aromatic heterocycles. The Hall–Kier alpha value is -1.51.